The molecule has 2 nitrogen and oxygen atoms in total. The van der Waals surface area contributed by atoms with E-state index in [1.165, 1.54) is 25.8 Å². The van der Waals surface area contributed by atoms with E-state index in [1.807, 2.05) is 0 Å². The first-order valence-corrected chi connectivity index (χ1v) is 6.09. The van der Waals surface area contributed by atoms with Crippen molar-refractivity contribution in [2.75, 3.05) is 19.7 Å². The van der Waals surface area contributed by atoms with Gasteiger partial charge in [-0.05, 0) is 37.6 Å². The Balaban J connectivity index is 1.68. The minimum atomic E-state index is 0.592. The van der Waals surface area contributed by atoms with Gasteiger partial charge in [0.15, 0.2) is 0 Å². The molecule has 1 aliphatic heterocycles. The molecule has 1 saturated carbocycles. The summed E-state index contributed by atoms with van der Waals surface area (Å²) in [7, 11) is 0. The molecule has 2 aliphatic rings. The smallest absolute Gasteiger partial charge is 0.0644 e. The summed E-state index contributed by atoms with van der Waals surface area (Å²) in [5.74, 6) is 2.46. The summed E-state index contributed by atoms with van der Waals surface area (Å²) in [5.41, 5.74) is 0. The largest absolute Gasteiger partial charge is 0.378 e. The molecule has 0 radical (unpaired) electrons. The number of hydrogen-bond acceptors (Lipinski definition) is 2. The Labute approximate surface area is 87.4 Å². The van der Waals surface area contributed by atoms with Gasteiger partial charge >= 0.3 is 0 Å². The van der Waals surface area contributed by atoms with Crippen LogP contribution in [-0.2, 0) is 4.74 Å². The first-order valence-electron chi connectivity index (χ1n) is 6.09. The highest BCUT2D eigenvalue weighted by Gasteiger charge is 2.40. The number of rotatable bonds is 5. The van der Waals surface area contributed by atoms with Crippen LogP contribution in [0.3, 0.4) is 0 Å². The Hall–Kier alpha value is -0.0800. The molecule has 2 atom stereocenters. The molecule has 1 heterocycles. The number of ether oxygens (including phenoxy) is 1. The second kappa shape index (κ2) is 4.63. The highest BCUT2D eigenvalue weighted by Crippen LogP contribution is 2.41. The molecule has 1 N–H and O–H groups in total. The second-order valence-corrected chi connectivity index (χ2v) is 5.27. The Morgan fingerprint density at radius 1 is 1.29 bits per heavy atom. The third-order valence-electron chi connectivity index (χ3n) is 3.31. The van der Waals surface area contributed by atoms with Crippen LogP contribution in [0.15, 0.2) is 0 Å². The lowest BCUT2D eigenvalue weighted by Gasteiger charge is -2.19. The fraction of sp³-hybridized carbons (Fsp3) is 1.00. The highest BCUT2D eigenvalue weighted by atomic mass is 16.5. The van der Waals surface area contributed by atoms with E-state index >= 15 is 0 Å². The van der Waals surface area contributed by atoms with Crippen molar-refractivity contribution < 1.29 is 4.74 Å². The van der Waals surface area contributed by atoms with Crippen LogP contribution in [0.1, 0.15) is 33.1 Å². The minimum Gasteiger partial charge on any atom is -0.378 e. The maximum absolute atomic E-state index is 5.81. The summed E-state index contributed by atoms with van der Waals surface area (Å²) in [6.45, 7) is 7.83. The maximum Gasteiger partial charge on any atom is 0.0644 e. The molecule has 2 unspecified atom stereocenters. The number of hydrogen-bond donors (Lipinski definition) is 1. The van der Waals surface area contributed by atoms with E-state index in [9.17, 15) is 0 Å². The second-order valence-electron chi connectivity index (χ2n) is 5.27. The van der Waals surface area contributed by atoms with Gasteiger partial charge in [0.1, 0.15) is 0 Å². The molecular formula is C12H23NO. The van der Waals surface area contributed by atoms with E-state index in [-0.39, 0.29) is 0 Å². The summed E-state index contributed by atoms with van der Waals surface area (Å²) in [6.07, 6.45) is 4.68. The molecule has 0 bridgehead atoms. The van der Waals surface area contributed by atoms with Gasteiger partial charge in [0.25, 0.3) is 0 Å². The maximum atomic E-state index is 5.81. The summed E-state index contributed by atoms with van der Waals surface area (Å²) >= 11 is 0. The molecule has 2 fully saturated rings. The molecule has 0 spiro atoms. The highest BCUT2D eigenvalue weighted by molar-refractivity contribution is 4.90. The van der Waals surface area contributed by atoms with E-state index in [1.54, 1.807) is 0 Å². The Bertz CT molecular complexity index is 177. The van der Waals surface area contributed by atoms with Crippen molar-refractivity contribution in [3.63, 3.8) is 0 Å². The fourth-order valence-electron chi connectivity index (χ4n) is 2.38. The molecule has 1 aliphatic carbocycles. The summed E-state index contributed by atoms with van der Waals surface area (Å²) < 4.78 is 5.81. The van der Waals surface area contributed by atoms with E-state index in [0.717, 1.165) is 30.9 Å². The van der Waals surface area contributed by atoms with Crippen LogP contribution in [0.5, 0.6) is 0 Å². The Morgan fingerprint density at radius 3 is 2.71 bits per heavy atom. The van der Waals surface area contributed by atoms with E-state index < -0.39 is 0 Å². The molecule has 14 heavy (non-hydrogen) atoms. The topological polar surface area (TPSA) is 21.3 Å². The Kier molecular flexibility index (Phi) is 3.45. The normalized spacial score (nSPS) is 32.8. The van der Waals surface area contributed by atoms with Crippen molar-refractivity contribution in [1.82, 2.24) is 5.32 Å². The SMILES string of the molecule is CC(C)CNCC1CCOC1C1CC1. The van der Waals surface area contributed by atoms with Gasteiger partial charge in [0.05, 0.1) is 6.10 Å². The van der Waals surface area contributed by atoms with Crippen molar-refractivity contribution >= 4 is 0 Å². The van der Waals surface area contributed by atoms with Crippen LogP contribution in [0, 0.1) is 17.8 Å². The van der Waals surface area contributed by atoms with Gasteiger partial charge in [-0.1, -0.05) is 13.8 Å². The predicted molar refractivity (Wildman–Crippen MR) is 58.3 cm³/mol. The van der Waals surface area contributed by atoms with Gasteiger partial charge in [0, 0.05) is 19.1 Å². The molecule has 0 aromatic rings. The third-order valence-corrected chi connectivity index (χ3v) is 3.31. The number of nitrogens with one attached hydrogen (secondary N) is 1. The molecule has 0 aromatic carbocycles. The molecular weight excluding hydrogens is 174 g/mol. The fourth-order valence-corrected chi connectivity index (χ4v) is 2.38. The molecule has 1 saturated heterocycles. The van der Waals surface area contributed by atoms with Gasteiger partial charge in [-0.2, -0.15) is 0 Å². The third kappa shape index (κ3) is 2.71. The van der Waals surface area contributed by atoms with Crippen molar-refractivity contribution in [1.29, 1.82) is 0 Å². The van der Waals surface area contributed by atoms with Crippen LogP contribution in [0.2, 0.25) is 0 Å². The zero-order valence-corrected chi connectivity index (χ0v) is 9.46. The standard InChI is InChI=1S/C12H23NO/c1-9(2)7-13-8-11-5-6-14-12(11)10-3-4-10/h9-13H,3-8H2,1-2H3. The van der Waals surface area contributed by atoms with E-state index in [0.29, 0.717) is 6.10 Å². The van der Waals surface area contributed by atoms with Gasteiger partial charge < -0.3 is 10.1 Å². The minimum absolute atomic E-state index is 0.592. The summed E-state index contributed by atoms with van der Waals surface area (Å²) in [4.78, 5) is 0. The average molecular weight is 197 g/mol. The molecule has 82 valence electrons. The summed E-state index contributed by atoms with van der Waals surface area (Å²) in [6, 6.07) is 0. The lowest BCUT2D eigenvalue weighted by atomic mass is 9.98. The average Bonchev–Trinajstić information content (AvgIpc) is 2.87. The van der Waals surface area contributed by atoms with Crippen molar-refractivity contribution in [2.45, 2.75) is 39.2 Å². The van der Waals surface area contributed by atoms with Gasteiger partial charge in [-0.25, -0.2) is 0 Å². The van der Waals surface area contributed by atoms with Crippen LogP contribution >= 0.6 is 0 Å². The zero-order valence-electron chi connectivity index (χ0n) is 9.46. The lowest BCUT2D eigenvalue weighted by molar-refractivity contribution is 0.0726. The van der Waals surface area contributed by atoms with Crippen LogP contribution < -0.4 is 5.32 Å². The monoisotopic (exact) mass is 197 g/mol. The molecule has 0 aromatic heterocycles. The predicted octanol–water partition coefficient (Wildman–Crippen LogP) is 2.05. The van der Waals surface area contributed by atoms with Crippen LogP contribution in [-0.4, -0.2) is 25.8 Å². The Morgan fingerprint density at radius 2 is 2.07 bits per heavy atom. The molecule has 2 rings (SSSR count). The quantitative estimate of drug-likeness (QED) is 0.728. The van der Waals surface area contributed by atoms with Crippen molar-refractivity contribution in [2.24, 2.45) is 17.8 Å². The van der Waals surface area contributed by atoms with E-state index in [2.05, 4.69) is 19.2 Å². The first-order chi connectivity index (χ1) is 6.77. The first kappa shape index (κ1) is 10.4. The molecule has 2 heteroatoms. The molecule has 0 amide bonds. The van der Waals surface area contributed by atoms with Crippen LogP contribution in [0.4, 0.5) is 0 Å². The zero-order chi connectivity index (χ0) is 9.97. The van der Waals surface area contributed by atoms with Gasteiger partial charge in [-0.15, -0.1) is 0 Å². The van der Waals surface area contributed by atoms with Crippen molar-refractivity contribution in [3.05, 3.63) is 0 Å². The van der Waals surface area contributed by atoms with Crippen LogP contribution in [0.25, 0.3) is 0 Å². The van der Waals surface area contributed by atoms with Gasteiger partial charge in [0.2, 0.25) is 0 Å². The van der Waals surface area contributed by atoms with Crippen molar-refractivity contribution in [3.8, 4) is 0 Å². The van der Waals surface area contributed by atoms with E-state index in [4.69, 9.17) is 4.74 Å². The van der Waals surface area contributed by atoms with Gasteiger partial charge in [-0.3, -0.25) is 0 Å². The lowest BCUT2D eigenvalue weighted by Crippen LogP contribution is -2.31. The summed E-state index contributed by atoms with van der Waals surface area (Å²) in [5, 5.41) is 3.56.